The van der Waals surface area contributed by atoms with Crippen molar-refractivity contribution in [3.05, 3.63) is 23.8 Å². The molecule has 2 aliphatic rings. The minimum Gasteiger partial charge on any atom is -0.451 e. The van der Waals surface area contributed by atoms with Gasteiger partial charge in [-0.3, -0.25) is 0 Å². The molecular formula is C21H28O6. The molecule has 0 radical (unpaired) electrons. The van der Waals surface area contributed by atoms with Crippen molar-refractivity contribution in [3.63, 3.8) is 0 Å². The molecule has 0 amide bonds. The van der Waals surface area contributed by atoms with E-state index in [0.717, 1.165) is 6.42 Å². The molecule has 2 aliphatic heterocycles. The molecule has 148 valence electrons. The maximum absolute atomic E-state index is 12.3. The zero-order valence-electron chi connectivity index (χ0n) is 17.1. The summed E-state index contributed by atoms with van der Waals surface area (Å²) in [7, 11) is 0. The van der Waals surface area contributed by atoms with Crippen LogP contribution in [0.25, 0.3) is 0 Å². The third-order valence-electron chi connectivity index (χ3n) is 4.52. The molecule has 1 aromatic carbocycles. The molecule has 1 atom stereocenters. The van der Waals surface area contributed by atoms with E-state index < -0.39 is 23.1 Å². The fourth-order valence-corrected chi connectivity index (χ4v) is 3.41. The second-order valence-electron chi connectivity index (χ2n) is 8.27. The fourth-order valence-electron chi connectivity index (χ4n) is 3.41. The summed E-state index contributed by atoms with van der Waals surface area (Å²) in [5, 5.41) is 0. The van der Waals surface area contributed by atoms with Crippen LogP contribution in [0.3, 0.4) is 0 Å². The summed E-state index contributed by atoms with van der Waals surface area (Å²) in [6.07, 6.45) is 1.41. The molecule has 0 N–H and O–H groups in total. The Hall–Kier alpha value is -2.37. The molecule has 0 saturated heterocycles. The number of carbonyl (C=O) groups is 1. The minimum atomic E-state index is -0.927. The first-order chi connectivity index (χ1) is 12.4. The van der Waals surface area contributed by atoms with Crippen LogP contribution in [-0.4, -0.2) is 17.5 Å². The molecule has 27 heavy (non-hydrogen) atoms. The van der Waals surface area contributed by atoms with Crippen molar-refractivity contribution in [1.82, 2.24) is 0 Å². The van der Waals surface area contributed by atoms with Crippen molar-refractivity contribution < 1.29 is 28.5 Å². The highest BCUT2D eigenvalue weighted by Crippen LogP contribution is 2.59. The molecule has 0 fully saturated rings. The largest absolute Gasteiger partial charge is 0.451 e. The van der Waals surface area contributed by atoms with E-state index in [0.29, 0.717) is 40.6 Å². The predicted molar refractivity (Wildman–Crippen MR) is 100 cm³/mol. The molecular weight excluding hydrogens is 348 g/mol. The summed E-state index contributed by atoms with van der Waals surface area (Å²) in [6.45, 7) is 16.5. The van der Waals surface area contributed by atoms with E-state index in [1.165, 1.54) is 0 Å². The topological polar surface area (TPSA) is 63.2 Å². The summed E-state index contributed by atoms with van der Waals surface area (Å²) >= 11 is 0. The molecule has 6 nitrogen and oxygen atoms in total. The molecule has 1 unspecified atom stereocenters. The molecule has 2 heterocycles. The van der Waals surface area contributed by atoms with Gasteiger partial charge in [-0.1, -0.05) is 19.9 Å². The van der Waals surface area contributed by atoms with E-state index >= 15 is 0 Å². The van der Waals surface area contributed by atoms with E-state index in [2.05, 4.69) is 6.58 Å². The number of fused-ring (bicyclic) bond motifs is 3. The lowest BCUT2D eigenvalue weighted by Gasteiger charge is -2.31. The van der Waals surface area contributed by atoms with Gasteiger partial charge >= 0.3 is 5.97 Å². The van der Waals surface area contributed by atoms with E-state index in [1.54, 1.807) is 6.92 Å². The molecule has 0 aliphatic carbocycles. The van der Waals surface area contributed by atoms with Gasteiger partial charge in [-0.25, -0.2) is 4.79 Å². The van der Waals surface area contributed by atoms with Gasteiger partial charge in [0, 0.05) is 38.8 Å². The van der Waals surface area contributed by atoms with Crippen molar-refractivity contribution in [2.75, 3.05) is 0 Å². The van der Waals surface area contributed by atoms with Crippen molar-refractivity contribution in [3.8, 4) is 23.0 Å². The second kappa shape index (κ2) is 6.08. The van der Waals surface area contributed by atoms with E-state index in [9.17, 15) is 4.79 Å². The number of ether oxygens (including phenoxy) is 5. The van der Waals surface area contributed by atoms with E-state index in [4.69, 9.17) is 23.7 Å². The summed E-state index contributed by atoms with van der Waals surface area (Å²) in [5.41, 5.74) is 0.108. The van der Waals surface area contributed by atoms with Crippen molar-refractivity contribution in [2.24, 2.45) is 0 Å². The van der Waals surface area contributed by atoms with Crippen LogP contribution in [0.2, 0.25) is 0 Å². The van der Waals surface area contributed by atoms with Crippen molar-refractivity contribution >= 4 is 5.97 Å². The van der Waals surface area contributed by atoms with Crippen molar-refractivity contribution in [1.29, 1.82) is 0 Å². The van der Waals surface area contributed by atoms with Gasteiger partial charge in [-0.2, -0.15) is 0 Å². The standard InChI is InChI=1S/C21H28O6/c1-9-10-21(8,27-18(22)12(2)3)13-11-14-16(25-19(4,5)23-14)17-15(13)24-20(6,7)26-17/h11H,2,9-10H2,1,3-8H3. The maximum Gasteiger partial charge on any atom is 0.333 e. The van der Waals surface area contributed by atoms with Crippen molar-refractivity contribution in [2.45, 2.75) is 78.5 Å². The van der Waals surface area contributed by atoms with Gasteiger partial charge in [-0.15, -0.1) is 0 Å². The van der Waals surface area contributed by atoms with Gasteiger partial charge < -0.3 is 23.7 Å². The molecule has 0 aromatic heterocycles. The van der Waals surface area contributed by atoms with Gasteiger partial charge in [0.1, 0.15) is 5.60 Å². The third-order valence-corrected chi connectivity index (χ3v) is 4.52. The van der Waals surface area contributed by atoms with Gasteiger partial charge in [0.25, 0.3) is 0 Å². The monoisotopic (exact) mass is 376 g/mol. The highest BCUT2D eigenvalue weighted by atomic mass is 16.8. The lowest BCUT2D eigenvalue weighted by atomic mass is 9.89. The zero-order valence-corrected chi connectivity index (χ0v) is 17.1. The number of hydrogen-bond donors (Lipinski definition) is 0. The molecule has 0 saturated carbocycles. The van der Waals surface area contributed by atoms with Gasteiger partial charge in [0.2, 0.25) is 23.1 Å². The Morgan fingerprint density at radius 2 is 1.63 bits per heavy atom. The highest BCUT2D eigenvalue weighted by molar-refractivity contribution is 5.87. The number of benzene rings is 1. The Kier molecular flexibility index (Phi) is 4.36. The fraction of sp³-hybridized carbons (Fsp3) is 0.571. The number of esters is 1. The number of hydrogen-bond acceptors (Lipinski definition) is 6. The SMILES string of the molecule is C=C(C)C(=O)OC(C)(CCC)c1cc2c(c3c1OC(C)(C)O3)OC(C)(C)O2. The number of rotatable bonds is 5. The summed E-state index contributed by atoms with van der Waals surface area (Å²) in [6, 6.07) is 1.83. The Morgan fingerprint density at radius 3 is 2.22 bits per heavy atom. The lowest BCUT2D eigenvalue weighted by molar-refractivity contribution is -0.155. The zero-order chi connectivity index (χ0) is 20.2. The second-order valence-corrected chi connectivity index (χ2v) is 8.27. The smallest absolute Gasteiger partial charge is 0.333 e. The summed E-state index contributed by atoms with van der Waals surface area (Å²) in [4.78, 5) is 12.3. The van der Waals surface area contributed by atoms with Crippen LogP contribution in [0.5, 0.6) is 23.0 Å². The average molecular weight is 376 g/mol. The Morgan fingerprint density at radius 1 is 1.07 bits per heavy atom. The predicted octanol–water partition coefficient (Wildman–Crippen LogP) is 4.84. The minimum absolute atomic E-state index is 0.341. The van der Waals surface area contributed by atoms with Crippen LogP contribution in [0.4, 0.5) is 0 Å². The van der Waals surface area contributed by atoms with Crippen LogP contribution in [0, 0.1) is 0 Å². The Balaban J connectivity index is 2.17. The van der Waals surface area contributed by atoms with Crippen LogP contribution in [-0.2, 0) is 15.1 Å². The van der Waals surface area contributed by atoms with Gasteiger partial charge in [-0.05, 0) is 26.3 Å². The van der Waals surface area contributed by atoms with Gasteiger partial charge in [0.05, 0.1) is 0 Å². The quantitative estimate of drug-likeness (QED) is 0.541. The Labute approximate surface area is 160 Å². The molecule has 6 heteroatoms. The molecule has 1 aromatic rings. The summed E-state index contributed by atoms with van der Waals surface area (Å²) < 4.78 is 29.8. The first-order valence-electron chi connectivity index (χ1n) is 9.24. The van der Waals surface area contributed by atoms with E-state index in [1.807, 2.05) is 47.6 Å². The molecule has 3 rings (SSSR count). The molecule has 0 spiro atoms. The van der Waals surface area contributed by atoms with Crippen LogP contribution >= 0.6 is 0 Å². The molecule has 0 bridgehead atoms. The maximum atomic E-state index is 12.3. The summed E-state index contributed by atoms with van der Waals surface area (Å²) in [5.74, 6) is -0.0833. The Bertz CT molecular complexity index is 807. The average Bonchev–Trinajstić information content (AvgIpc) is 3.00. The normalized spacial score (nSPS) is 20.1. The first kappa shape index (κ1) is 19.4. The van der Waals surface area contributed by atoms with Crippen LogP contribution in [0.15, 0.2) is 18.2 Å². The lowest BCUT2D eigenvalue weighted by Crippen LogP contribution is -2.32. The number of carbonyl (C=O) groups excluding carboxylic acids is 1. The van der Waals surface area contributed by atoms with Gasteiger partial charge in [0.15, 0.2) is 11.5 Å². The third kappa shape index (κ3) is 3.45. The van der Waals surface area contributed by atoms with E-state index in [-0.39, 0.29) is 0 Å². The highest BCUT2D eigenvalue weighted by Gasteiger charge is 2.47. The first-order valence-corrected chi connectivity index (χ1v) is 9.24. The van der Waals surface area contributed by atoms with Crippen LogP contribution in [0.1, 0.15) is 66.9 Å². The van der Waals surface area contributed by atoms with Crippen LogP contribution < -0.4 is 18.9 Å².